The Labute approximate surface area is 118 Å². The average molecular weight is 361 g/mol. The fraction of sp³-hybridized carbons (Fsp3) is 0.333. The van der Waals surface area contributed by atoms with Gasteiger partial charge in [-0.2, -0.15) is 0 Å². The summed E-state index contributed by atoms with van der Waals surface area (Å²) in [6.07, 6.45) is -2.02. The molecule has 5 nitrogen and oxygen atoms in total. The Balaban J connectivity index is 2.44. The Hall–Kier alpha value is -1.31. The van der Waals surface area contributed by atoms with E-state index in [0.717, 1.165) is 4.90 Å². The van der Waals surface area contributed by atoms with Crippen molar-refractivity contribution in [2.45, 2.75) is 18.7 Å². The Kier molecular flexibility index (Phi) is 3.47. The zero-order valence-corrected chi connectivity index (χ0v) is 11.8. The van der Waals surface area contributed by atoms with E-state index >= 15 is 0 Å². The van der Waals surface area contributed by atoms with Crippen LogP contribution < -0.4 is 0 Å². The van der Waals surface area contributed by atoms with Gasteiger partial charge in [0.2, 0.25) is 6.23 Å². The first-order chi connectivity index (χ1) is 8.50. The van der Waals surface area contributed by atoms with Crippen molar-refractivity contribution in [2.75, 3.05) is 4.43 Å². The van der Waals surface area contributed by atoms with Crippen LogP contribution >= 0.6 is 22.6 Å². The molecule has 0 aliphatic carbocycles. The van der Waals surface area contributed by atoms with E-state index < -0.39 is 23.8 Å². The number of carbonyl (C=O) groups excluding carboxylic acids is 1. The molecule has 1 aliphatic rings. The number of ether oxygens (including phenoxy) is 1. The summed E-state index contributed by atoms with van der Waals surface area (Å²) in [6.45, 7) is 1.58. The van der Waals surface area contributed by atoms with Crippen molar-refractivity contribution in [2.24, 2.45) is 0 Å². The molecule has 0 aromatic heterocycles. The van der Waals surface area contributed by atoms with Crippen LogP contribution in [0.4, 0.5) is 4.79 Å². The van der Waals surface area contributed by atoms with E-state index in [1.807, 2.05) is 28.7 Å². The first-order valence-electron chi connectivity index (χ1n) is 5.35. The minimum absolute atomic E-state index is 0.346. The predicted octanol–water partition coefficient (Wildman–Crippen LogP) is 2.42. The molecule has 1 heterocycles. The van der Waals surface area contributed by atoms with Crippen molar-refractivity contribution in [1.29, 1.82) is 0 Å². The Morgan fingerprint density at radius 2 is 2.11 bits per heavy atom. The number of carboxylic acid groups (broad SMARTS) is 1. The van der Waals surface area contributed by atoms with Crippen LogP contribution in [0, 0.1) is 0 Å². The molecule has 2 unspecified atom stereocenters. The van der Waals surface area contributed by atoms with Crippen LogP contribution in [0.5, 0.6) is 0 Å². The second kappa shape index (κ2) is 4.75. The first-order valence-corrected chi connectivity index (χ1v) is 6.87. The molecular formula is C12H12INO4. The van der Waals surface area contributed by atoms with Gasteiger partial charge in [0, 0.05) is 9.99 Å². The van der Waals surface area contributed by atoms with Crippen molar-refractivity contribution in [3.63, 3.8) is 0 Å². The van der Waals surface area contributed by atoms with Gasteiger partial charge in [-0.05, 0) is 6.92 Å². The lowest BCUT2D eigenvalue weighted by atomic mass is 10.0. The fourth-order valence-corrected chi connectivity index (χ4v) is 2.58. The number of hydrogen-bond donors (Lipinski definition) is 1. The van der Waals surface area contributed by atoms with E-state index in [-0.39, 0.29) is 0 Å². The van der Waals surface area contributed by atoms with Crippen LogP contribution in [-0.2, 0) is 9.53 Å². The summed E-state index contributed by atoms with van der Waals surface area (Å²) in [5.74, 6) is -0.506. The molecule has 0 radical (unpaired) electrons. The summed E-state index contributed by atoms with van der Waals surface area (Å²) in [6, 6.07) is 8.87. The largest absolute Gasteiger partial charge is 0.465 e. The molecule has 18 heavy (non-hydrogen) atoms. The van der Waals surface area contributed by atoms with Gasteiger partial charge in [0.15, 0.2) is 5.54 Å². The number of carbonyl (C=O) groups is 2. The van der Waals surface area contributed by atoms with Crippen LogP contribution in [0.15, 0.2) is 30.3 Å². The molecule has 2 rings (SSSR count). The molecular weight excluding hydrogens is 349 g/mol. The highest BCUT2D eigenvalue weighted by Gasteiger charge is 2.54. The summed E-state index contributed by atoms with van der Waals surface area (Å²) in [5, 5.41) is 9.32. The highest BCUT2D eigenvalue weighted by Crippen LogP contribution is 2.39. The third kappa shape index (κ3) is 1.94. The molecule has 2 atom stereocenters. The summed E-state index contributed by atoms with van der Waals surface area (Å²) in [5.41, 5.74) is -0.478. The number of hydrogen-bond acceptors (Lipinski definition) is 3. The van der Waals surface area contributed by atoms with Gasteiger partial charge in [0.05, 0.1) is 0 Å². The first kappa shape index (κ1) is 13.1. The highest BCUT2D eigenvalue weighted by atomic mass is 127. The van der Waals surface area contributed by atoms with Gasteiger partial charge in [-0.15, -0.1) is 0 Å². The van der Waals surface area contributed by atoms with Gasteiger partial charge in [-0.25, -0.2) is 9.59 Å². The standard InChI is InChI=1S/C12H12INO4/c1-12(7-13)10(15)18-9(14(12)11(16)17)8-5-3-2-4-6-8/h2-6,9H,7H2,1H3,(H,16,17). The number of alkyl halides is 1. The second-order valence-electron chi connectivity index (χ2n) is 4.23. The van der Waals surface area contributed by atoms with Crippen molar-refractivity contribution in [1.82, 2.24) is 4.90 Å². The molecule has 1 amide bonds. The topological polar surface area (TPSA) is 66.8 Å². The molecule has 96 valence electrons. The zero-order chi connectivity index (χ0) is 13.3. The van der Waals surface area contributed by atoms with E-state index in [9.17, 15) is 14.7 Å². The van der Waals surface area contributed by atoms with Crippen LogP contribution in [0.3, 0.4) is 0 Å². The predicted molar refractivity (Wildman–Crippen MR) is 72.4 cm³/mol. The summed E-state index contributed by atoms with van der Waals surface area (Å²) < 4.78 is 5.58. The number of esters is 1. The molecule has 1 aliphatic heterocycles. The minimum atomic E-state index is -1.16. The van der Waals surface area contributed by atoms with E-state index in [2.05, 4.69) is 0 Å². The summed E-state index contributed by atoms with van der Waals surface area (Å²) in [7, 11) is 0. The number of cyclic esters (lactones) is 1. The maximum absolute atomic E-state index is 11.9. The second-order valence-corrected chi connectivity index (χ2v) is 4.99. The minimum Gasteiger partial charge on any atom is -0.465 e. The molecule has 1 aromatic carbocycles. The lowest BCUT2D eigenvalue weighted by Crippen LogP contribution is -2.50. The third-order valence-corrected chi connectivity index (χ3v) is 4.46. The molecule has 0 bridgehead atoms. The van der Waals surface area contributed by atoms with Gasteiger partial charge in [0.25, 0.3) is 0 Å². The fourth-order valence-electron chi connectivity index (χ4n) is 1.90. The smallest absolute Gasteiger partial charge is 0.411 e. The van der Waals surface area contributed by atoms with Crippen molar-refractivity contribution >= 4 is 34.7 Å². The van der Waals surface area contributed by atoms with Gasteiger partial charge in [-0.1, -0.05) is 52.9 Å². The highest BCUT2D eigenvalue weighted by molar-refractivity contribution is 14.1. The number of nitrogens with zero attached hydrogens (tertiary/aromatic N) is 1. The van der Waals surface area contributed by atoms with Crippen molar-refractivity contribution < 1.29 is 19.4 Å². The Bertz CT molecular complexity index is 478. The van der Waals surface area contributed by atoms with Crippen LogP contribution in [-0.4, -0.2) is 32.0 Å². The maximum Gasteiger partial charge on any atom is 0.411 e. The van der Waals surface area contributed by atoms with E-state index in [4.69, 9.17) is 4.74 Å². The number of amides is 1. The van der Waals surface area contributed by atoms with Crippen LogP contribution in [0.2, 0.25) is 0 Å². The van der Waals surface area contributed by atoms with Gasteiger partial charge in [-0.3, -0.25) is 4.90 Å². The number of rotatable bonds is 2. The Morgan fingerprint density at radius 3 is 2.61 bits per heavy atom. The third-order valence-electron chi connectivity index (χ3n) is 2.98. The Morgan fingerprint density at radius 1 is 1.50 bits per heavy atom. The van der Waals surface area contributed by atoms with E-state index in [0.29, 0.717) is 9.99 Å². The lowest BCUT2D eigenvalue weighted by Gasteiger charge is -2.29. The molecule has 1 fully saturated rings. The molecule has 1 saturated heterocycles. The molecule has 1 N–H and O–H groups in total. The van der Waals surface area contributed by atoms with Gasteiger partial charge >= 0.3 is 12.1 Å². The molecule has 6 heteroatoms. The van der Waals surface area contributed by atoms with Crippen molar-refractivity contribution in [3.05, 3.63) is 35.9 Å². The van der Waals surface area contributed by atoms with Crippen LogP contribution in [0.25, 0.3) is 0 Å². The number of benzene rings is 1. The molecule has 1 aromatic rings. The van der Waals surface area contributed by atoms with Gasteiger partial charge < -0.3 is 9.84 Å². The number of halogens is 1. The quantitative estimate of drug-likeness (QED) is 0.499. The monoisotopic (exact) mass is 361 g/mol. The maximum atomic E-state index is 11.9. The van der Waals surface area contributed by atoms with Crippen LogP contribution in [0.1, 0.15) is 18.7 Å². The summed E-state index contributed by atoms with van der Waals surface area (Å²) >= 11 is 1.99. The summed E-state index contributed by atoms with van der Waals surface area (Å²) in [4.78, 5) is 24.4. The van der Waals surface area contributed by atoms with E-state index in [1.54, 1.807) is 31.2 Å². The SMILES string of the molecule is CC1(CI)C(=O)OC(c2ccccc2)N1C(=O)O. The zero-order valence-electron chi connectivity index (χ0n) is 9.67. The molecule has 0 saturated carbocycles. The van der Waals surface area contributed by atoms with Gasteiger partial charge in [0.1, 0.15) is 0 Å². The van der Waals surface area contributed by atoms with Crippen molar-refractivity contribution in [3.8, 4) is 0 Å². The molecule has 0 spiro atoms. The average Bonchev–Trinajstić information content (AvgIpc) is 2.64. The normalized spacial score (nSPS) is 27.1. The van der Waals surface area contributed by atoms with E-state index in [1.165, 1.54) is 0 Å². The lowest BCUT2D eigenvalue weighted by molar-refractivity contribution is -0.144.